The highest BCUT2D eigenvalue weighted by atomic mass is 19.4. The smallest absolute Gasteiger partial charge is 0.251 e. The topological polar surface area (TPSA) is 0 Å². The van der Waals surface area contributed by atoms with Gasteiger partial charge in [0.1, 0.15) is 0 Å². The normalized spacial score (nSPS) is 27.1. The number of benzene rings is 1. The lowest BCUT2D eigenvalue weighted by Gasteiger charge is -2.31. The zero-order chi connectivity index (χ0) is 22.8. The van der Waals surface area contributed by atoms with E-state index in [-0.39, 0.29) is 6.67 Å². The van der Waals surface area contributed by atoms with Crippen LogP contribution in [0, 0.1) is 17.8 Å². The SMILES string of the molecule is FCCCCC/C=C/C1CCC(CCC2CCC(c3ccc(C(F)(F)F)cc3)CC2)CC1. The molecule has 0 N–H and O–H groups in total. The average molecular weight is 453 g/mol. The Morgan fingerprint density at radius 1 is 0.750 bits per heavy atom. The van der Waals surface area contributed by atoms with E-state index >= 15 is 0 Å². The highest BCUT2D eigenvalue weighted by Crippen LogP contribution is 2.40. The molecule has 0 atom stereocenters. The standard InChI is InChI=1S/C28H40F4/c29-21-5-3-1-2-4-6-22-7-9-23(10-8-22)11-12-24-13-15-25(16-14-24)26-17-19-27(20-18-26)28(30,31)32/h4,6,17-20,22-25H,1-3,5,7-16,21H2/b6-4+. The Balaban J connectivity index is 1.29. The van der Waals surface area contributed by atoms with E-state index in [0.717, 1.165) is 55.4 Å². The van der Waals surface area contributed by atoms with Crippen molar-refractivity contribution in [2.24, 2.45) is 17.8 Å². The van der Waals surface area contributed by atoms with Crippen molar-refractivity contribution in [1.29, 1.82) is 0 Å². The molecule has 180 valence electrons. The largest absolute Gasteiger partial charge is 0.416 e. The summed E-state index contributed by atoms with van der Waals surface area (Å²) in [6.45, 7) is -0.186. The molecule has 2 aliphatic rings. The monoisotopic (exact) mass is 452 g/mol. The molecule has 0 heterocycles. The van der Waals surface area contributed by atoms with Gasteiger partial charge in [0.2, 0.25) is 0 Å². The summed E-state index contributed by atoms with van der Waals surface area (Å²) >= 11 is 0. The van der Waals surface area contributed by atoms with E-state index < -0.39 is 11.7 Å². The van der Waals surface area contributed by atoms with E-state index in [1.54, 1.807) is 12.1 Å². The summed E-state index contributed by atoms with van der Waals surface area (Å²) in [5.41, 5.74) is 0.527. The number of hydrogen-bond donors (Lipinski definition) is 0. The van der Waals surface area contributed by atoms with Gasteiger partial charge < -0.3 is 0 Å². The molecule has 0 amide bonds. The van der Waals surface area contributed by atoms with Crippen LogP contribution in [0.15, 0.2) is 36.4 Å². The van der Waals surface area contributed by atoms with E-state index in [2.05, 4.69) is 12.2 Å². The number of rotatable bonds is 10. The van der Waals surface area contributed by atoms with Gasteiger partial charge >= 0.3 is 6.18 Å². The van der Waals surface area contributed by atoms with Gasteiger partial charge in [-0.25, -0.2) is 0 Å². The number of alkyl halides is 4. The van der Waals surface area contributed by atoms with Gasteiger partial charge in [-0.1, -0.05) is 43.5 Å². The molecule has 32 heavy (non-hydrogen) atoms. The highest BCUT2D eigenvalue weighted by Gasteiger charge is 2.31. The van der Waals surface area contributed by atoms with Crippen molar-refractivity contribution >= 4 is 0 Å². The van der Waals surface area contributed by atoms with E-state index in [1.807, 2.05) is 0 Å². The van der Waals surface area contributed by atoms with Crippen LogP contribution in [0.4, 0.5) is 17.6 Å². The summed E-state index contributed by atoms with van der Waals surface area (Å²) < 4.78 is 50.4. The number of halogens is 4. The van der Waals surface area contributed by atoms with Gasteiger partial charge in [0.25, 0.3) is 0 Å². The zero-order valence-electron chi connectivity index (χ0n) is 19.4. The third-order valence-electron chi connectivity index (χ3n) is 7.84. The Morgan fingerprint density at radius 3 is 1.91 bits per heavy atom. The first kappa shape index (κ1) is 25.3. The summed E-state index contributed by atoms with van der Waals surface area (Å²) in [6, 6.07) is 5.84. The maximum atomic E-state index is 12.8. The van der Waals surface area contributed by atoms with Gasteiger partial charge in [-0.3, -0.25) is 4.39 Å². The van der Waals surface area contributed by atoms with Crippen LogP contribution in [0.1, 0.15) is 107 Å². The predicted molar refractivity (Wildman–Crippen MR) is 124 cm³/mol. The Labute approximate surface area is 191 Å². The fraction of sp³-hybridized carbons (Fsp3) is 0.714. The molecular formula is C28H40F4. The lowest BCUT2D eigenvalue weighted by Crippen LogP contribution is -2.17. The van der Waals surface area contributed by atoms with Crippen LogP contribution in [-0.2, 0) is 6.18 Å². The Morgan fingerprint density at radius 2 is 1.34 bits per heavy atom. The van der Waals surface area contributed by atoms with Gasteiger partial charge in [0.05, 0.1) is 12.2 Å². The summed E-state index contributed by atoms with van der Waals surface area (Å²) in [4.78, 5) is 0. The molecule has 4 heteroatoms. The van der Waals surface area contributed by atoms with E-state index in [1.165, 1.54) is 63.5 Å². The molecule has 1 aromatic carbocycles. The van der Waals surface area contributed by atoms with Crippen LogP contribution >= 0.6 is 0 Å². The molecule has 2 saturated carbocycles. The number of allylic oxidation sites excluding steroid dienone is 2. The van der Waals surface area contributed by atoms with E-state index in [4.69, 9.17) is 0 Å². The van der Waals surface area contributed by atoms with Crippen molar-refractivity contribution in [3.05, 3.63) is 47.5 Å². The predicted octanol–water partition coefficient (Wildman–Crippen LogP) is 9.65. The van der Waals surface area contributed by atoms with Crippen molar-refractivity contribution in [2.75, 3.05) is 6.67 Å². The van der Waals surface area contributed by atoms with Gasteiger partial charge in [-0.05, 0) is 112 Å². The quantitative estimate of drug-likeness (QED) is 0.188. The van der Waals surface area contributed by atoms with Crippen LogP contribution in [0.5, 0.6) is 0 Å². The molecule has 2 fully saturated rings. The van der Waals surface area contributed by atoms with Crippen molar-refractivity contribution in [2.45, 2.75) is 102 Å². The van der Waals surface area contributed by atoms with Crippen molar-refractivity contribution in [3.63, 3.8) is 0 Å². The van der Waals surface area contributed by atoms with E-state index in [9.17, 15) is 17.6 Å². The third kappa shape index (κ3) is 8.23. The Hall–Kier alpha value is -1.32. The summed E-state index contributed by atoms with van der Waals surface area (Å²) in [5.74, 6) is 2.83. The molecule has 0 spiro atoms. The molecule has 0 aliphatic heterocycles. The minimum Gasteiger partial charge on any atom is -0.251 e. The second-order valence-electron chi connectivity index (χ2n) is 10.2. The molecule has 0 unspecified atom stereocenters. The molecule has 2 aliphatic carbocycles. The Kier molecular flexibility index (Phi) is 10.1. The minimum absolute atomic E-state index is 0.186. The fourth-order valence-electron chi connectivity index (χ4n) is 5.69. The lowest BCUT2D eigenvalue weighted by atomic mass is 9.74. The first-order chi connectivity index (χ1) is 15.5. The number of unbranched alkanes of at least 4 members (excludes halogenated alkanes) is 3. The summed E-state index contributed by atoms with van der Waals surface area (Å²) in [6.07, 6.45) is 17.0. The molecule has 0 nitrogen and oxygen atoms in total. The van der Waals surface area contributed by atoms with Crippen molar-refractivity contribution < 1.29 is 17.6 Å². The first-order valence-electron chi connectivity index (χ1n) is 12.9. The fourth-order valence-corrected chi connectivity index (χ4v) is 5.69. The molecular weight excluding hydrogens is 412 g/mol. The van der Waals surface area contributed by atoms with Crippen LogP contribution in [0.25, 0.3) is 0 Å². The molecule has 0 bridgehead atoms. The first-order valence-corrected chi connectivity index (χ1v) is 12.9. The Bertz CT molecular complexity index is 660. The van der Waals surface area contributed by atoms with Gasteiger partial charge in [-0.2, -0.15) is 13.2 Å². The summed E-state index contributed by atoms with van der Waals surface area (Å²) in [5, 5.41) is 0. The molecule has 0 aromatic heterocycles. The van der Waals surface area contributed by atoms with Gasteiger partial charge in [-0.15, -0.1) is 0 Å². The highest BCUT2D eigenvalue weighted by molar-refractivity contribution is 5.27. The average Bonchev–Trinajstić information content (AvgIpc) is 2.81. The minimum atomic E-state index is -4.25. The zero-order valence-corrected chi connectivity index (χ0v) is 19.4. The number of hydrogen-bond acceptors (Lipinski definition) is 0. The van der Waals surface area contributed by atoms with E-state index in [0.29, 0.717) is 12.3 Å². The van der Waals surface area contributed by atoms with Crippen LogP contribution in [0.2, 0.25) is 0 Å². The molecule has 0 radical (unpaired) electrons. The summed E-state index contributed by atoms with van der Waals surface area (Å²) in [7, 11) is 0. The lowest BCUT2D eigenvalue weighted by molar-refractivity contribution is -0.137. The molecule has 3 rings (SSSR count). The van der Waals surface area contributed by atoms with Gasteiger partial charge in [0, 0.05) is 0 Å². The molecule has 1 aromatic rings. The van der Waals surface area contributed by atoms with Gasteiger partial charge in [0.15, 0.2) is 0 Å². The molecule has 0 saturated heterocycles. The van der Waals surface area contributed by atoms with Crippen molar-refractivity contribution in [1.82, 2.24) is 0 Å². The second kappa shape index (κ2) is 12.8. The van der Waals surface area contributed by atoms with Crippen LogP contribution < -0.4 is 0 Å². The van der Waals surface area contributed by atoms with Crippen molar-refractivity contribution in [3.8, 4) is 0 Å². The second-order valence-corrected chi connectivity index (χ2v) is 10.2. The van der Waals surface area contributed by atoms with Crippen LogP contribution in [0.3, 0.4) is 0 Å². The maximum Gasteiger partial charge on any atom is 0.416 e. The third-order valence-corrected chi connectivity index (χ3v) is 7.84. The maximum absolute atomic E-state index is 12.8. The van der Waals surface area contributed by atoms with Crippen LogP contribution in [-0.4, -0.2) is 6.67 Å².